The van der Waals surface area contributed by atoms with Crippen LogP contribution in [0.4, 0.5) is 4.39 Å². The van der Waals surface area contributed by atoms with Crippen molar-refractivity contribution in [2.75, 3.05) is 0 Å². The van der Waals surface area contributed by atoms with Gasteiger partial charge >= 0.3 is 0 Å². The number of benzene rings is 2. The van der Waals surface area contributed by atoms with Gasteiger partial charge in [-0.3, -0.25) is 11.3 Å². The van der Waals surface area contributed by atoms with E-state index in [1.165, 1.54) is 11.6 Å². The van der Waals surface area contributed by atoms with Gasteiger partial charge in [0.05, 0.1) is 6.04 Å². The fourth-order valence-corrected chi connectivity index (χ4v) is 2.60. The van der Waals surface area contributed by atoms with E-state index in [0.29, 0.717) is 0 Å². The summed E-state index contributed by atoms with van der Waals surface area (Å²) in [5, 5.41) is 0. The highest BCUT2D eigenvalue weighted by Crippen LogP contribution is 2.25. The van der Waals surface area contributed by atoms with Crippen LogP contribution in [0, 0.1) is 19.7 Å². The van der Waals surface area contributed by atoms with Crippen molar-refractivity contribution in [3.05, 3.63) is 68.9 Å². The Balaban J connectivity index is 2.26. The zero-order valence-electron chi connectivity index (χ0n) is 11.6. The summed E-state index contributed by atoms with van der Waals surface area (Å²) >= 11 is 3.53. The number of halogens is 2. The molecule has 1 unspecified atom stereocenters. The molecular weight excluding hydrogens is 319 g/mol. The summed E-state index contributed by atoms with van der Waals surface area (Å²) in [6.45, 7) is 3.96. The summed E-state index contributed by atoms with van der Waals surface area (Å²) in [6.07, 6.45) is 0.720. The normalized spacial score (nSPS) is 12.4. The first-order chi connectivity index (χ1) is 9.51. The summed E-state index contributed by atoms with van der Waals surface area (Å²) in [5.74, 6) is 5.47. The maximum atomic E-state index is 13.1. The molecular formula is C16H18BrFN2. The molecule has 2 nitrogen and oxygen atoms in total. The highest BCUT2D eigenvalue weighted by atomic mass is 79.9. The molecule has 0 bridgehead atoms. The van der Waals surface area contributed by atoms with E-state index in [9.17, 15) is 4.39 Å². The van der Waals surface area contributed by atoms with Crippen LogP contribution in [-0.2, 0) is 6.42 Å². The quantitative estimate of drug-likeness (QED) is 0.655. The van der Waals surface area contributed by atoms with Gasteiger partial charge in [-0.15, -0.1) is 0 Å². The Morgan fingerprint density at radius 1 is 1.15 bits per heavy atom. The predicted molar refractivity (Wildman–Crippen MR) is 83.8 cm³/mol. The summed E-state index contributed by atoms with van der Waals surface area (Å²) in [6, 6.07) is 11.0. The van der Waals surface area contributed by atoms with Crippen LogP contribution >= 0.6 is 15.9 Å². The minimum absolute atomic E-state index is 0.00365. The van der Waals surface area contributed by atoms with Crippen LogP contribution in [-0.4, -0.2) is 0 Å². The molecule has 2 aromatic rings. The number of nitrogens with one attached hydrogen (secondary N) is 1. The van der Waals surface area contributed by atoms with Crippen molar-refractivity contribution in [3.63, 3.8) is 0 Å². The van der Waals surface area contributed by atoms with E-state index in [2.05, 4.69) is 39.6 Å². The van der Waals surface area contributed by atoms with E-state index in [1.54, 1.807) is 6.07 Å². The third-order valence-corrected chi connectivity index (χ3v) is 4.38. The zero-order valence-corrected chi connectivity index (χ0v) is 13.2. The Kier molecular flexibility index (Phi) is 4.91. The van der Waals surface area contributed by atoms with Gasteiger partial charge in [0.1, 0.15) is 5.82 Å². The SMILES string of the molecule is Cc1ccc(C(Cc2ccc(F)cc2C)NN)cc1Br. The number of hydrogen-bond donors (Lipinski definition) is 2. The largest absolute Gasteiger partial charge is 0.271 e. The van der Waals surface area contributed by atoms with Crippen LogP contribution in [0.5, 0.6) is 0 Å². The molecule has 0 amide bonds. The van der Waals surface area contributed by atoms with E-state index >= 15 is 0 Å². The number of hydrazine groups is 1. The van der Waals surface area contributed by atoms with Gasteiger partial charge in [-0.05, 0) is 60.7 Å². The molecule has 0 spiro atoms. The smallest absolute Gasteiger partial charge is 0.123 e. The van der Waals surface area contributed by atoms with Crippen LogP contribution in [0.15, 0.2) is 40.9 Å². The maximum Gasteiger partial charge on any atom is 0.123 e. The Hall–Kier alpha value is -1.23. The molecule has 20 heavy (non-hydrogen) atoms. The molecule has 0 fully saturated rings. The Labute approximate surface area is 127 Å². The monoisotopic (exact) mass is 336 g/mol. The van der Waals surface area contributed by atoms with Gasteiger partial charge < -0.3 is 0 Å². The third kappa shape index (κ3) is 3.45. The predicted octanol–water partition coefficient (Wildman–Crippen LogP) is 3.95. The van der Waals surface area contributed by atoms with E-state index in [1.807, 2.05) is 19.9 Å². The maximum absolute atomic E-state index is 13.1. The van der Waals surface area contributed by atoms with Crippen molar-refractivity contribution in [2.45, 2.75) is 26.3 Å². The average Bonchev–Trinajstić information content (AvgIpc) is 2.41. The minimum Gasteiger partial charge on any atom is -0.271 e. The molecule has 106 valence electrons. The molecule has 0 heterocycles. The molecule has 0 radical (unpaired) electrons. The first kappa shape index (κ1) is 15.2. The molecule has 0 aliphatic rings. The highest BCUT2D eigenvalue weighted by Gasteiger charge is 2.13. The molecule has 4 heteroatoms. The van der Waals surface area contributed by atoms with E-state index in [4.69, 9.17) is 5.84 Å². The van der Waals surface area contributed by atoms with Crippen molar-refractivity contribution in [3.8, 4) is 0 Å². The lowest BCUT2D eigenvalue weighted by molar-refractivity contribution is 0.549. The fourth-order valence-electron chi connectivity index (χ4n) is 2.21. The number of nitrogens with two attached hydrogens (primary N) is 1. The summed E-state index contributed by atoms with van der Waals surface area (Å²) in [7, 11) is 0. The minimum atomic E-state index is -0.207. The Morgan fingerprint density at radius 2 is 1.90 bits per heavy atom. The molecule has 2 rings (SSSR count). The van der Waals surface area contributed by atoms with E-state index < -0.39 is 0 Å². The summed E-state index contributed by atoms with van der Waals surface area (Å²) in [4.78, 5) is 0. The number of rotatable bonds is 4. The lowest BCUT2D eigenvalue weighted by atomic mass is 9.96. The van der Waals surface area contributed by atoms with Crippen molar-refractivity contribution in [2.24, 2.45) is 5.84 Å². The van der Waals surface area contributed by atoms with Gasteiger partial charge in [0.15, 0.2) is 0 Å². The second kappa shape index (κ2) is 6.48. The summed E-state index contributed by atoms with van der Waals surface area (Å²) < 4.78 is 14.2. The number of aryl methyl sites for hydroxylation is 2. The van der Waals surface area contributed by atoms with Crippen LogP contribution in [0.1, 0.15) is 28.3 Å². The van der Waals surface area contributed by atoms with Crippen molar-refractivity contribution < 1.29 is 4.39 Å². The standard InChI is InChI=1S/C16H18BrFN2/c1-10-3-4-13(8-15(10)17)16(20-19)9-12-5-6-14(18)7-11(12)2/h3-8,16,20H,9,19H2,1-2H3. The molecule has 0 aliphatic heterocycles. The van der Waals surface area contributed by atoms with Gasteiger partial charge in [0.2, 0.25) is 0 Å². The second-order valence-corrected chi connectivity index (χ2v) is 5.86. The van der Waals surface area contributed by atoms with E-state index in [0.717, 1.165) is 27.6 Å². The molecule has 0 aromatic heterocycles. The lowest BCUT2D eigenvalue weighted by Crippen LogP contribution is -2.29. The van der Waals surface area contributed by atoms with Crippen LogP contribution < -0.4 is 11.3 Å². The van der Waals surface area contributed by atoms with Gasteiger partial charge in [-0.1, -0.05) is 34.1 Å². The second-order valence-electron chi connectivity index (χ2n) is 5.00. The van der Waals surface area contributed by atoms with Crippen LogP contribution in [0.25, 0.3) is 0 Å². The highest BCUT2D eigenvalue weighted by molar-refractivity contribution is 9.10. The van der Waals surface area contributed by atoms with Gasteiger partial charge in [-0.2, -0.15) is 0 Å². The molecule has 0 aliphatic carbocycles. The van der Waals surface area contributed by atoms with Crippen LogP contribution in [0.2, 0.25) is 0 Å². The molecule has 0 saturated heterocycles. The molecule has 3 N–H and O–H groups in total. The van der Waals surface area contributed by atoms with Crippen LogP contribution in [0.3, 0.4) is 0 Å². The first-order valence-corrected chi connectivity index (χ1v) is 7.27. The summed E-state index contributed by atoms with van der Waals surface area (Å²) in [5.41, 5.74) is 7.16. The zero-order chi connectivity index (χ0) is 14.7. The lowest BCUT2D eigenvalue weighted by Gasteiger charge is -2.18. The molecule has 2 aromatic carbocycles. The van der Waals surface area contributed by atoms with E-state index in [-0.39, 0.29) is 11.9 Å². The number of hydrogen-bond acceptors (Lipinski definition) is 2. The fraction of sp³-hybridized carbons (Fsp3) is 0.250. The Morgan fingerprint density at radius 3 is 2.50 bits per heavy atom. The van der Waals surface area contributed by atoms with Gasteiger partial charge in [0, 0.05) is 4.47 Å². The van der Waals surface area contributed by atoms with Crippen molar-refractivity contribution in [1.29, 1.82) is 0 Å². The van der Waals surface area contributed by atoms with Gasteiger partial charge in [-0.25, -0.2) is 4.39 Å². The molecule has 0 saturated carbocycles. The first-order valence-electron chi connectivity index (χ1n) is 6.48. The third-order valence-electron chi connectivity index (χ3n) is 3.53. The average molecular weight is 337 g/mol. The van der Waals surface area contributed by atoms with Gasteiger partial charge in [0.25, 0.3) is 0 Å². The topological polar surface area (TPSA) is 38.0 Å². The Bertz CT molecular complexity index is 613. The molecule has 1 atom stereocenters. The van der Waals surface area contributed by atoms with Crippen molar-refractivity contribution >= 4 is 15.9 Å². The van der Waals surface area contributed by atoms with Crippen molar-refractivity contribution in [1.82, 2.24) is 5.43 Å².